The average molecular weight is 340 g/mol. The van der Waals surface area contributed by atoms with Gasteiger partial charge in [0.1, 0.15) is 6.10 Å². The van der Waals surface area contributed by atoms with Crippen molar-refractivity contribution >= 4 is 34.3 Å². The average Bonchev–Trinajstić information content (AvgIpc) is 2.56. The largest absolute Gasteiger partial charge is 0.475 e. The number of nitrogens with one attached hydrogen (secondary N) is 1. The molecule has 3 nitrogen and oxygen atoms in total. The van der Waals surface area contributed by atoms with Crippen molar-refractivity contribution in [3.8, 4) is 0 Å². The van der Waals surface area contributed by atoms with Crippen molar-refractivity contribution in [3.05, 3.63) is 35.9 Å². The van der Waals surface area contributed by atoms with Crippen LogP contribution in [0.15, 0.2) is 30.3 Å². The number of rotatable bonds is 9. The normalized spacial score (nSPS) is 11.7. The van der Waals surface area contributed by atoms with Crippen LogP contribution in [0.4, 0.5) is 0 Å². The summed E-state index contributed by atoms with van der Waals surface area (Å²) in [7, 11) is 0. The topological polar surface area (TPSA) is 38.3 Å². The number of thioether (sulfide) groups is 1. The minimum atomic E-state index is 0.0439. The Balaban J connectivity index is 2.32. The molecule has 0 saturated heterocycles. The number of unbranched alkanes of at least 4 members (excludes halogenated alkanes) is 1. The summed E-state index contributed by atoms with van der Waals surface area (Å²) in [5, 5.41) is 2.95. The first-order chi connectivity index (χ1) is 10.7. The Morgan fingerprint density at radius 3 is 2.68 bits per heavy atom. The second-order valence-corrected chi connectivity index (χ2v) is 6.55. The molecule has 1 aromatic rings. The standard InChI is InChI=1S/C17H25NO2S2/c1-3-4-10-15(20-17(21)22-2)11-12-16(19)18-13-14-8-6-5-7-9-14/h5-9,15H,3-4,10-13H2,1-2H3,(H,18,19)/t15-/m0/s1. The lowest BCUT2D eigenvalue weighted by Crippen LogP contribution is -2.25. The van der Waals surface area contributed by atoms with Crippen LogP contribution in [0.1, 0.15) is 44.6 Å². The van der Waals surface area contributed by atoms with Gasteiger partial charge in [-0.25, -0.2) is 0 Å². The number of carbonyl (C=O) groups is 1. The third-order valence-corrected chi connectivity index (χ3v) is 4.36. The Bertz CT molecular complexity index is 451. The lowest BCUT2D eigenvalue weighted by Gasteiger charge is -2.18. The van der Waals surface area contributed by atoms with Crippen molar-refractivity contribution in [2.45, 2.75) is 51.7 Å². The van der Waals surface area contributed by atoms with E-state index in [4.69, 9.17) is 17.0 Å². The molecular formula is C17H25NO2S2. The molecule has 0 bridgehead atoms. The van der Waals surface area contributed by atoms with Crippen LogP contribution in [0.5, 0.6) is 0 Å². The highest BCUT2D eigenvalue weighted by Gasteiger charge is 2.13. The first-order valence-corrected chi connectivity index (χ1v) is 9.34. The monoisotopic (exact) mass is 339 g/mol. The summed E-state index contributed by atoms with van der Waals surface area (Å²) in [6.45, 7) is 2.72. The molecule has 1 aromatic carbocycles. The van der Waals surface area contributed by atoms with Gasteiger partial charge < -0.3 is 10.1 Å². The van der Waals surface area contributed by atoms with Gasteiger partial charge in [-0.2, -0.15) is 0 Å². The fraction of sp³-hybridized carbons (Fsp3) is 0.529. The zero-order valence-electron chi connectivity index (χ0n) is 13.3. The summed E-state index contributed by atoms with van der Waals surface area (Å²) in [5.74, 6) is 0.0593. The Morgan fingerprint density at radius 1 is 1.32 bits per heavy atom. The Kier molecular flexibility index (Phi) is 9.91. The van der Waals surface area contributed by atoms with Gasteiger partial charge in [-0.1, -0.05) is 61.9 Å². The van der Waals surface area contributed by atoms with Crippen molar-refractivity contribution < 1.29 is 9.53 Å². The van der Waals surface area contributed by atoms with Crippen molar-refractivity contribution in [3.63, 3.8) is 0 Å². The van der Waals surface area contributed by atoms with Crippen LogP contribution >= 0.6 is 24.0 Å². The van der Waals surface area contributed by atoms with Gasteiger partial charge in [-0.3, -0.25) is 4.79 Å². The van der Waals surface area contributed by atoms with E-state index in [0.717, 1.165) is 24.8 Å². The summed E-state index contributed by atoms with van der Waals surface area (Å²) in [6, 6.07) is 9.92. The molecule has 0 aliphatic rings. The maximum atomic E-state index is 11.9. The number of hydrogen-bond acceptors (Lipinski definition) is 4. The van der Waals surface area contributed by atoms with E-state index in [-0.39, 0.29) is 12.0 Å². The highest BCUT2D eigenvalue weighted by molar-refractivity contribution is 8.22. The molecule has 1 amide bonds. The van der Waals surface area contributed by atoms with E-state index in [1.807, 2.05) is 36.6 Å². The molecule has 0 aliphatic heterocycles. The molecule has 0 heterocycles. The third-order valence-electron chi connectivity index (χ3n) is 3.34. The van der Waals surface area contributed by atoms with Gasteiger partial charge in [0, 0.05) is 13.0 Å². The molecule has 22 heavy (non-hydrogen) atoms. The highest BCUT2D eigenvalue weighted by atomic mass is 32.2. The van der Waals surface area contributed by atoms with Crippen molar-refractivity contribution in [1.82, 2.24) is 5.32 Å². The van der Waals surface area contributed by atoms with E-state index in [0.29, 0.717) is 23.8 Å². The molecule has 1 atom stereocenters. The molecule has 0 fully saturated rings. The zero-order chi connectivity index (χ0) is 16.2. The second-order valence-electron chi connectivity index (χ2n) is 5.14. The van der Waals surface area contributed by atoms with Crippen LogP contribution in [0.25, 0.3) is 0 Å². The Hall–Kier alpha value is -1.07. The maximum Gasteiger partial charge on any atom is 0.220 e. The number of hydrogen-bond donors (Lipinski definition) is 1. The molecule has 0 radical (unpaired) electrons. The van der Waals surface area contributed by atoms with E-state index < -0.39 is 0 Å². The minimum Gasteiger partial charge on any atom is -0.475 e. The second kappa shape index (κ2) is 11.5. The molecule has 122 valence electrons. The van der Waals surface area contributed by atoms with E-state index in [2.05, 4.69) is 12.2 Å². The van der Waals surface area contributed by atoms with Crippen LogP contribution in [0.3, 0.4) is 0 Å². The maximum absolute atomic E-state index is 11.9. The molecule has 0 aromatic heterocycles. The van der Waals surface area contributed by atoms with Crippen LogP contribution < -0.4 is 5.32 Å². The van der Waals surface area contributed by atoms with E-state index >= 15 is 0 Å². The van der Waals surface area contributed by atoms with Gasteiger partial charge >= 0.3 is 0 Å². The van der Waals surface area contributed by atoms with Crippen LogP contribution in [0, 0.1) is 0 Å². The van der Waals surface area contributed by atoms with Gasteiger partial charge in [0.25, 0.3) is 0 Å². The van der Waals surface area contributed by atoms with Crippen LogP contribution in [-0.2, 0) is 16.1 Å². The summed E-state index contributed by atoms with van der Waals surface area (Å²) in [6.07, 6.45) is 6.29. The van der Waals surface area contributed by atoms with Crippen molar-refractivity contribution in [2.75, 3.05) is 6.26 Å². The number of amides is 1. The number of thiocarbonyl (C=S) groups is 1. The lowest BCUT2D eigenvalue weighted by atomic mass is 10.1. The predicted molar refractivity (Wildman–Crippen MR) is 98.0 cm³/mol. The van der Waals surface area contributed by atoms with Gasteiger partial charge in [0.2, 0.25) is 10.3 Å². The van der Waals surface area contributed by atoms with Crippen LogP contribution in [0.2, 0.25) is 0 Å². The molecule has 1 rings (SSSR count). The first-order valence-electron chi connectivity index (χ1n) is 7.71. The SMILES string of the molecule is CCCC[C@@H](CCC(=O)NCc1ccccc1)OC(=S)SC. The Labute approximate surface area is 143 Å². The molecule has 0 saturated carbocycles. The van der Waals surface area contributed by atoms with Gasteiger partial charge in [0.15, 0.2) is 0 Å². The molecular weight excluding hydrogens is 314 g/mol. The third kappa shape index (κ3) is 8.39. The summed E-state index contributed by atoms with van der Waals surface area (Å²) in [4.78, 5) is 11.9. The Morgan fingerprint density at radius 2 is 2.05 bits per heavy atom. The number of carbonyl (C=O) groups excluding carboxylic acids is 1. The predicted octanol–water partition coefficient (Wildman–Crippen LogP) is 4.31. The number of ether oxygens (including phenoxy) is 1. The van der Waals surface area contributed by atoms with E-state index in [1.54, 1.807) is 0 Å². The fourth-order valence-electron chi connectivity index (χ4n) is 2.06. The minimum absolute atomic E-state index is 0.0439. The molecule has 0 spiro atoms. The molecule has 0 aliphatic carbocycles. The van der Waals surface area contributed by atoms with Crippen LogP contribution in [-0.4, -0.2) is 22.6 Å². The highest BCUT2D eigenvalue weighted by Crippen LogP contribution is 2.15. The molecule has 5 heteroatoms. The van der Waals surface area contributed by atoms with Crippen molar-refractivity contribution in [2.24, 2.45) is 0 Å². The quantitative estimate of drug-likeness (QED) is 0.681. The van der Waals surface area contributed by atoms with E-state index in [1.165, 1.54) is 11.8 Å². The molecule has 0 unspecified atom stereocenters. The van der Waals surface area contributed by atoms with Gasteiger partial charge in [0.05, 0.1) is 0 Å². The first kappa shape index (κ1) is 19.0. The van der Waals surface area contributed by atoms with Crippen molar-refractivity contribution in [1.29, 1.82) is 0 Å². The van der Waals surface area contributed by atoms with Gasteiger partial charge in [-0.05, 0) is 36.9 Å². The number of benzene rings is 1. The summed E-state index contributed by atoms with van der Waals surface area (Å²) < 4.78 is 6.29. The smallest absolute Gasteiger partial charge is 0.220 e. The van der Waals surface area contributed by atoms with Gasteiger partial charge in [-0.15, -0.1) is 0 Å². The summed E-state index contributed by atoms with van der Waals surface area (Å²) >= 11 is 6.55. The van der Waals surface area contributed by atoms with E-state index in [9.17, 15) is 4.79 Å². The fourth-order valence-corrected chi connectivity index (χ4v) is 2.42. The summed E-state index contributed by atoms with van der Waals surface area (Å²) in [5.41, 5.74) is 1.11. The molecule has 1 N–H and O–H groups in total. The lowest BCUT2D eigenvalue weighted by molar-refractivity contribution is -0.121. The zero-order valence-corrected chi connectivity index (χ0v) is 15.0.